The van der Waals surface area contributed by atoms with Crippen LogP contribution >= 0.6 is 0 Å². The number of methoxy groups -OCH3 is 1. The Bertz CT molecular complexity index is 1170. The van der Waals surface area contributed by atoms with Crippen LogP contribution in [0, 0.1) is 19.7 Å². The van der Waals surface area contributed by atoms with Gasteiger partial charge in [0.05, 0.1) is 12.1 Å². The van der Waals surface area contributed by atoms with Gasteiger partial charge in [-0.25, -0.2) is 18.0 Å². The van der Waals surface area contributed by atoms with Crippen molar-refractivity contribution in [2.45, 2.75) is 64.2 Å². The fourth-order valence-electron chi connectivity index (χ4n) is 4.65. The summed E-state index contributed by atoms with van der Waals surface area (Å²) in [5.41, 5.74) is 3.41. The fraction of sp³-hybridized carbons (Fsp3) is 0.500. The van der Waals surface area contributed by atoms with E-state index in [0.29, 0.717) is 47.7 Å². The third kappa shape index (κ3) is 5.98. The molecule has 1 unspecified atom stereocenters. The summed E-state index contributed by atoms with van der Waals surface area (Å²) in [4.78, 5) is 20.4. The SMILES string of the molecule is COCOc1ccc(Cc2c(C)cc(OCC3=NOC(=O)C3)c(F)c2C)nc1C1CCCC(F)(F)C1. The average Bonchev–Trinajstić information content (AvgIpc) is 3.26. The third-order valence-corrected chi connectivity index (χ3v) is 6.50. The summed E-state index contributed by atoms with van der Waals surface area (Å²) in [6, 6.07) is 5.06. The van der Waals surface area contributed by atoms with Crippen molar-refractivity contribution in [3.8, 4) is 11.5 Å². The molecule has 1 atom stereocenters. The van der Waals surface area contributed by atoms with E-state index in [9.17, 15) is 13.6 Å². The first-order valence-electron chi connectivity index (χ1n) is 11.8. The second kappa shape index (κ2) is 10.9. The van der Waals surface area contributed by atoms with Crippen molar-refractivity contribution in [3.05, 3.63) is 52.1 Å². The van der Waals surface area contributed by atoms with Crippen LogP contribution in [-0.2, 0) is 20.8 Å². The minimum Gasteiger partial charge on any atom is -0.484 e. The van der Waals surface area contributed by atoms with Crippen LogP contribution in [0.2, 0.25) is 0 Å². The van der Waals surface area contributed by atoms with Gasteiger partial charge in [-0.05, 0) is 61.6 Å². The molecule has 7 nitrogen and oxygen atoms in total. The molecule has 0 amide bonds. The van der Waals surface area contributed by atoms with E-state index in [0.717, 1.165) is 11.1 Å². The number of carbonyl (C=O) groups is 1. The van der Waals surface area contributed by atoms with Crippen molar-refractivity contribution in [1.82, 2.24) is 4.98 Å². The molecule has 1 aromatic heterocycles. The van der Waals surface area contributed by atoms with E-state index in [-0.39, 0.29) is 38.4 Å². The number of carbonyl (C=O) groups excluding carboxylic acids is 1. The van der Waals surface area contributed by atoms with Crippen LogP contribution in [-0.4, -0.2) is 43.1 Å². The molecule has 1 fully saturated rings. The monoisotopic (exact) mass is 506 g/mol. The maximum Gasteiger partial charge on any atom is 0.340 e. The van der Waals surface area contributed by atoms with Crippen molar-refractivity contribution in [2.75, 3.05) is 20.5 Å². The van der Waals surface area contributed by atoms with E-state index in [2.05, 4.69) is 9.99 Å². The van der Waals surface area contributed by atoms with Gasteiger partial charge >= 0.3 is 5.97 Å². The normalized spacial score (nSPS) is 19.1. The van der Waals surface area contributed by atoms with Crippen molar-refractivity contribution in [3.63, 3.8) is 0 Å². The molecule has 1 aliphatic heterocycles. The zero-order valence-electron chi connectivity index (χ0n) is 20.5. The second-order valence-corrected chi connectivity index (χ2v) is 9.26. The molecular weight excluding hydrogens is 477 g/mol. The molecule has 0 N–H and O–H groups in total. The van der Waals surface area contributed by atoms with Gasteiger partial charge in [0.1, 0.15) is 18.1 Å². The molecule has 10 heteroatoms. The number of halogens is 3. The van der Waals surface area contributed by atoms with Crippen LogP contribution in [0.3, 0.4) is 0 Å². The molecule has 1 saturated carbocycles. The number of pyridine rings is 1. The molecule has 0 radical (unpaired) electrons. The molecule has 2 aliphatic rings. The second-order valence-electron chi connectivity index (χ2n) is 9.26. The van der Waals surface area contributed by atoms with Crippen LogP contribution in [0.25, 0.3) is 0 Å². The molecule has 36 heavy (non-hydrogen) atoms. The number of ether oxygens (including phenoxy) is 3. The Labute approximate surface area is 207 Å². The summed E-state index contributed by atoms with van der Waals surface area (Å²) in [5, 5.41) is 3.61. The van der Waals surface area contributed by atoms with E-state index >= 15 is 4.39 Å². The predicted molar refractivity (Wildman–Crippen MR) is 125 cm³/mol. The number of oxime groups is 1. The number of aromatic nitrogens is 1. The summed E-state index contributed by atoms with van der Waals surface area (Å²) in [6.07, 6.45) is 0.919. The Morgan fingerprint density at radius 3 is 2.69 bits per heavy atom. The third-order valence-electron chi connectivity index (χ3n) is 6.50. The van der Waals surface area contributed by atoms with E-state index in [4.69, 9.17) is 19.2 Å². The van der Waals surface area contributed by atoms with Crippen molar-refractivity contribution >= 4 is 11.7 Å². The molecule has 2 aromatic rings. The molecule has 194 valence electrons. The lowest BCUT2D eigenvalue weighted by molar-refractivity contribution is -0.140. The fourth-order valence-corrected chi connectivity index (χ4v) is 4.65. The molecule has 1 aromatic carbocycles. The topological polar surface area (TPSA) is 79.2 Å². The first-order valence-corrected chi connectivity index (χ1v) is 11.8. The van der Waals surface area contributed by atoms with Gasteiger partial charge in [-0.2, -0.15) is 0 Å². The predicted octanol–water partition coefficient (Wildman–Crippen LogP) is 5.39. The Morgan fingerprint density at radius 2 is 2.00 bits per heavy atom. The number of benzene rings is 1. The summed E-state index contributed by atoms with van der Waals surface area (Å²) in [7, 11) is 1.48. The molecule has 1 aliphatic carbocycles. The van der Waals surface area contributed by atoms with Crippen molar-refractivity contribution in [2.24, 2.45) is 5.16 Å². The summed E-state index contributed by atoms with van der Waals surface area (Å²) in [6.45, 7) is 3.42. The van der Waals surface area contributed by atoms with Gasteiger partial charge in [-0.15, -0.1) is 0 Å². The lowest BCUT2D eigenvalue weighted by atomic mass is 9.83. The van der Waals surface area contributed by atoms with Gasteiger partial charge in [0.25, 0.3) is 0 Å². The first-order chi connectivity index (χ1) is 17.2. The van der Waals surface area contributed by atoms with Crippen LogP contribution in [0.15, 0.2) is 23.4 Å². The standard InChI is InChI=1S/C26H29F3N2O5/c1-15-9-22(34-13-19-11-23(32)36-31-19)24(27)16(2)20(15)10-18-6-7-21(35-14-33-3)25(30-18)17-5-4-8-26(28,29)12-17/h6-7,9,17H,4-5,8,10-14H2,1-3H3. The minimum absolute atomic E-state index is 0.0166. The maximum absolute atomic E-state index is 15.2. The van der Waals surface area contributed by atoms with E-state index < -0.39 is 23.6 Å². The molecular formula is C26H29F3N2O5. The van der Waals surface area contributed by atoms with Gasteiger partial charge < -0.3 is 19.0 Å². The van der Waals surface area contributed by atoms with Crippen molar-refractivity contribution < 1.29 is 37.0 Å². The Kier molecular flexibility index (Phi) is 7.82. The van der Waals surface area contributed by atoms with Gasteiger partial charge in [-0.3, -0.25) is 4.98 Å². The summed E-state index contributed by atoms with van der Waals surface area (Å²) >= 11 is 0. The summed E-state index contributed by atoms with van der Waals surface area (Å²) in [5.74, 6) is -3.70. The highest BCUT2D eigenvalue weighted by Crippen LogP contribution is 2.43. The number of alkyl halides is 2. The summed E-state index contributed by atoms with van der Waals surface area (Å²) < 4.78 is 59.6. The van der Waals surface area contributed by atoms with Crippen LogP contribution < -0.4 is 9.47 Å². The number of aryl methyl sites for hydroxylation is 1. The van der Waals surface area contributed by atoms with E-state index in [1.807, 2.05) is 6.92 Å². The van der Waals surface area contributed by atoms with Gasteiger partial charge in [-0.1, -0.05) is 5.16 Å². The lowest BCUT2D eigenvalue weighted by Crippen LogP contribution is -2.26. The van der Waals surface area contributed by atoms with Crippen LogP contribution in [0.5, 0.6) is 11.5 Å². The van der Waals surface area contributed by atoms with Crippen LogP contribution in [0.1, 0.15) is 66.1 Å². The largest absolute Gasteiger partial charge is 0.484 e. The van der Waals surface area contributed by atoms with Crippen LogP contribution in [0.4, 0.5) is 13.2 Å². The Balaban J connectivity index is 1.57. The number of nitrogens with zero attached hydrogens (tertiary/aromatic N) is 2. The number of hydrogen-bond donors (Lipinski definition) is 0. The zero-order chi connectivity index (χ0) is 25.9. The average molecular weight is 507 g/mol. The highest BCUT2D eigenvalue weighted by atomic mass is 19.3. The number of rotatable bonds is 9. The quantitative estimate of drug-likeness (QED) is 0.335. The molecule has 4 rings (SSSR count). The molecule has 2 heterocycles. The molecule has 0 spiro atoms. The van der Waals surface area contributed by atoms with E-state index in [1.54, 1.807) is 25.1 Å². The smallest absolute Gasteiger partial charge is 0.340 e. The first kappa shape index (κ1) is 25.9. The highest BCUT2D eigenvalue weighted by molar-refractivity contribution is 6.02. The van der Waals surface area contributed by atoms with E-state index in [1.165, 1.54) is 7.11 Å². The van der Waals surface area contributed by atoms with Gasteiger partial charge in [0, 0.05) is 38.0 Å². The minimum atomic E-state index is -2.74. The molecule has 0 bridgehead atoms. The van der Waals surface area contributed by atoms with Crippen molar-refractivity contribution in [1.29, 1.82) is 0 Å². The Hall–Kier alpha value is -3.14. The maximum atomic E-state index is 15.2. The highest BCUT2D eigenvalue weighted by Gasteiger charge is 2.38. The molecule has 0 saturated heterocycles. The van der Waals surface area contributed by atoms with Gasteiger partial charge in [0.2, 0.25) is 5.92 Å². The Morgan fingerprint density at radius 1 is 1.19 bits per heavy atom. The zero-order valence-corrected chi connectivity index (χ0v) is 20.5. The lowest BCUT2D eigenvalue weighted by Gasteiger charge is -2.29. The van der Waals surface area contributed by atoms with Gasteiger partial charge in [0.15, 0.2) is 18.4 Å². The number of hydrogen-bond acceptors (Lipinski definition) is 7.